The summed E-state index contributed by atoms with van der Waals surface area (Å²) >= 11 is 0. The molecule has 27 heavy (non-hydrogen) atoms. The van der Waals surface area contributed by atoms with Crippen LogP contribution in [-0.4, -0.2) is 56.6 Å². The van der Waals surface area contributed by atoms with Gasteiger partial charge < -0.3 is 15.0 Å². The first kappa shape index (κ1) is 20.6. The molecule has 3 rings (SSSR count). The van der Waals surface area contributed by atoms with Gasteiger partial charge in [0.05, 0.1) is 12.2 Å². The average Bonchev–Trinajstić information content (AvgIpc) is 3.13. The number of aryl methyl sites for hydroxylation is 1. The minimum Gasteiger partial charge on any atom is -0.475 e. The van der Waals surface area contributed by atoms with Crippen LogP contribution in [0.4, 0.5) is 13.2 Å². The first-order valence-corrected chi connectivity index (χ1v) is 8.07. The maximum absolute atomic E-state index is 11.7. The van der Waals surface area contributed by atoms with E-state index in [1.54, 1.807) is 17.7 Å². The summed E-state index contributed by atoms with van der Waals surface area (Å²) in [6.07, 6.45) is 0.552. The Bertz CT molecular complexity index is 804. The number of H-pyrrole nitrogens is 1. The Hall–Kier alpha value is -2.66. The van der Waals surface area contributed by atoms with Gasteiger partial charge in [0.15, 0.2) is 0 Å². The molecular weight excluding hydrogens is 367 g/mol. The third kappa shape index (κ3) is 5.93. The normalized spacial score (nSPS) is 17.9. The minimum absolute atomic E-state index is 0.0393. The lowest BCUT2D eigenvalue weighted by molar-refractivity contribution is -0.192. The SMILES string of the molecule is Cn1ccc(CN2CCNCC2c2cn[nH]c2)cc1=O.O=C(O)C(F)(F)F. The van der Waals surface area contributed by atoms with Crippen LogP contribution in [-0.2, 0) is 18.4 Å². The average molecular weight is 387 g/mol. The number of carboxylic acids is 1. The van der Waals surface area contributed by atoms with Gasteiger partial charge in [-0.1, -0.05) is 0 Å². The zero-order valence-corrected chi connectivity index (χ0v) is 14.5. The molecule has 0 saturated carbocycles. The van der Waals surface area contributed by atoms with E-state index in [4.69, 9.17) is 9.90 Å². The fraction of sp³-hybridized carbons (Fsp3) is 0.438. The Labute approximate surface area is 152 Å². The molecule has 0 amide bonds. The van der Waals surface area contributed by atoms with Gasteiger partial charge in [-0.25, -0.2) is 4.79 Å². The first-order chi connectivity index (χ1) is 12.7. The Morgan fingerprint density at radius 2 is 2.15 bits per heavy atom. The largest absolute Gasteiger partial charge is 0.490 e. The third-order valence-electron chi connectivity index (χ3n) is 4.06. The van der Waals surface area contributed by atoms with E-state index < -0.39 is 12.1 Å². The lowest BCUT2D eigenvalue weighted by Gasteiger charge is -2.35. The Kier molecular flexibility index (Phi) is 6.75. The van der Waals surface area contributed by atoms with Crippen LogP contribution in [0.2, 0.25) is 0 Å². The van der Waals surface area contributed by atoms with Crippen molar-refractivity contribution in [1.82, 2.24) is 25.0 Å². The van der Waals surface area contributed by atoms with Crippen molar-refractivity contribution in [2.24, 2.45) is 7.05 Å². The van der Waals surface area contributed by atoms with E-state index in [-0.39, 0.29) is 5.56 Å². The number of aliphatic carboxylic acids is 1. The molecule has 2 aromatic rings. The molecule has 0 bridgehead atoms. The van der Waals surface area contributed by atoms with Gasteiger partial charge in [-0.2, -0.15) is 18.3 Å². The van der Waals surface area contributed by atoms with E-state index in [1.807, 2.05) is 24.7 Å². The summed E-state index contributed by atoms with van der Waals surface area (Å²) in [5.74, 6) is -2.76. The van der Waals surface area contributed by atoms with Gasteiger partial charge in [0, 0.05) is 57.3 Å². The molecule has 1 saturated heterocycles. The van der Waals surface area contributed by atoms with Crippen molar-refractivity contribution in [1.29, 1.82) is 0 Å². The van der Waals surface area contributed by atoms with E-state index >= 15 is 0 Å². The van der Waals surface area contributed by atoms with Gasteiger partial charge in [-0.15, -0.1) is 0 Å². The number of halogens is 3. The molecule has 0 radical (unpaired) electrons. The molecule has 148 valence electrons. The topological polar surface area (TPSA) is 103 Å². The number of nitrogens with zero attached hydrogens (tertiary/aromatic N) is 3. The van der Waals surface area contributed by atoms with E-state index in [9.17, 15) is 18.0 Å². The molecule has 2 aromatic heterocycles. The van der Waals surface area contributed by atoms with Gasteiger partial charge in [-0.3, -0.25) is 14.8 Å². The molecule has 0 aliphatic carbocycles. The van der Waals surface area contributed by atoms with Gasteiger partial charge in [0.1, 0.15) is 0 Å². The quantitative estimate of drug-likeness (QED) is 0.723. The number of aromatic amines is 1. The predicted octanol–water partition coefficient (Wildman–Crippen LogP) is 0.888. The van der Waals surface area contributed by atoms with Gasteiger partial charge in [-0.05, 0) is 11.6 Å². The lowest BCUT2D eigenvalue weighted by Crippen LogP contribution is -2.45. The predicted molar refractivity (Wildman–Crippen MR) is 90.0 cm³/mol. The van der Waals surface area contributed by atoms with Gasteiger partial charge in [0.25, 0.3) is 5.56 Å². The number of nitrogens with one attached hydrogen (secondary N) is 2. The summed E-state index contributed by atoms with van der Waals surface area (Å²) in [7, 11) is 1.77. The molecule has 1 fully saturated rings. The smallest absolute Gasteiger partial charge is 0.475 e. The van der Waals surface area contributed by atoms with Crippen molar-refractivity contribution in [2.75, 3.05) is 19.6 Å². The number of hydrogen-bond acceptors (Lipinski definition) is 5. The summed E-state index contributed by atoms with van der Waals surface area (Å²) in [5, 5.41) is 17.4. The maximum atomic E-state index is 11.7. The molecule has 1 unspecified atom stereocenters. The third-order valence-corrected chi connectivity index (χ3v) is 4.06. The molecule has 1 aliphatic rings. The minimum atomic E-state index is -5.08. The molecule has 3 N–H and O–H groups in total. The van der Waals surface area contributed by atoms with Gasteiger partial charge in [0.2, 0.25) is 0 Å². The number of carbonyl (C=O) groups is 1. The summed E-state index contributed by atoms with van der Waals surface area (Å²) < 4.78 is 33.3. The second kappa shape index (κ2) is 8.82. The molecular formula is C16H20F3N5O3. The van der Waals surface area contributed by atoms with Crippen LogP contribution < -0.4 is 10.9 Å². The molecule has 11 heteroatoms. The second-order valence-corrected chi connectivity index (χ2v) is 6.01. The van der Waals surface area contributed by atoms with E-state index in [1.165, 1.54) is 5.56 Å². The Morgan fingerprint density at radius 3 is 2.70 bits per heavy atom. The van der Waals surface area contributed by atoms with Crippen molar-refractivity contribution in [3.8, 4) is 0 Å². The highest BCUT2D eigenvalue weighted by molar-refractivity contribution is 5.73. The number of rotatable bonds is 3. The van der Waals surface area contributed by atoms with Crippen molar-refractivity contribution < 1.29 is 23.1 Å². The summed E-state index contributed by atoms with van der Waals surface area (Å²) in [4.78, 5) is 23.0. The first-order valence-electron chi connectivity index (χ1n) is 8.07. The fourth-order valence-corrected chi connectivity index (χ4v) is 2.63. The molecule has 1 atom stereocenters. The molecule has 1 aliphatic heterocycles. The number of carboxylic acid groups (broad SMARTS) is 1. The summed E-state index contributed by atoms with van der Waals surface area (Å²) in [5.41, 5.74) is 2.28. The van der Waals surface area contributed by atoms with Crippen LogP contribution in [0.1, 0.15) is 17.2 Å². The molecule has 0 aromatic carbocycles. The van der Waals surface area contributed by atoms with Crippen LogP contribution in [0, 0.1) is 0 Å². The number of aromatic nitrogens is 3. The van der Waals surface area contributed by atoms with Crippen molar-refractivity contribution in [3.63, 3.8) is 0 Å². The molecule has 0 spiro atoms. The zero-order valence-electron chi connectivity index (χ0n) is 14.5. The highest BCUT2D eigenvalue weighted by Gasteiger charge is 2.38. The van der Waals surface area contributed by atoms with Crippen molar-refractivity contribution >= 4 is 5.97 Å². The number of pyridine rings is 1. The lowest BCUT2D eigenvalue weighted by atomic mass is 10.1. The zero-order chi connectivity index (χ0) is 20.0. The maximum Gasteiger partial charge on any atom is 0.490 e. The van der Waals surface area contributed by atoms with Crippen LogP contribution in [0.25, 0.3) is 0 Å². The number of hydrogen-bond donors (Lipinski definition) is 3. The van der Waals surface area contributed by atoms with Gasteiger partial charge >= 0.3 is 12.1 Å². The monoisotopic (exact) mass is 387 g/mol. The number of alkyl halides is 3. The Balaban J connectivity index is 0.000000321. The van der Waals surface area contributed by atoms with Crippen molar-refractivity contribution in [2.45, 2.75) is 18.8 Å². The van der Waals surface area contributed by atoms with Crippen LogP contribution in [0.15, 0.2) is 35.5 Å². The van der Waals surface area contributed by atoms with E-state index in [2.05, 4.69) is 20.4 Å². The number of piperazine rings is 1. The molecule has 3 heterocycles. The summed E-state index contributed by atoms with van der Waals surface area (Å²) in [6.45, 7) is 3.63. The van der Waals surface area contributed by atoms with Crippen LogP contribution in [0.3, 0.4) is 0 Å². The highest BCUT2D eigenvalue weighted by atomic mass is 19.4. The molecule has 8 nitrogen and oxygen atoms in total. The van der Waals surface area contributed by atoms with E-state index in [0.717, 1.165) is 31.7 Å². The standard InChI is InChI=1S/C14H19N5O.C2HF3O2/c1-18-4-2-11(6-14(18)20)10-19-5-3-15-9-13(19)12-7-16-17-8-12;3-2(4,5)1(6)7/h2,4,6-8,13,15H,3,5,9-10H2,1H3,(H,16,17);(H,6,7). The second-order valence-electron chi connectivity index (χ2n) is 6.01. The van der Waals surface area contributed by atoms with Crippen LogP contribution in [0.5, 0.6) is 0 Å². The van der Waals surface area contributed by atoms with Crippen molar-refractivity contribution in [3.05, 3.63) is 52.2 Å². The summed E-state index contributed by atoms with van der Waals surface area (Å²) in [6, 6.07) is 4.02. The highest BCUT2D eigenvalue weighted by Crippen LogP contribution is 2.22. The Morgan fingerprint density at radius 1 is 1.44 bits per heavy atom. The van der Waals surface area contributed by atoms with E-state index in [0.29, 0.717) is 6.04 Å². The van der Waals surface area contributed by atoms with Crippen LogP contribution >= 0.6 is 0 Å². The fourth-order valence-electron chi connectivity index (χ4n) is 2.63.